The fourth-order valence-electron chi connectivity index (χ4n) is 6.26. The molecule has 3 fully saturated rings. The van der Waals surface area contributed by atoms with Crippen molar-refractivity contribution < 1.29 is 19.5 Å². The fraction of sp³-hybridized carbons (Fsp3) is 0.444. The monoisotopic (exact) mass is 527 g/mol. The molecule has 7 nitrogen and oxygen atoms in total. The lowest BCUT2D eigenvalue weighted by Gasteiger charge is -2.38. The maximum absolute atomic E-state index is 14.0. The second-order valence-corrected chi connectivity index (χ2v) is 11.8. The molecule has 3 aliphatic rings. The standard InChI is InChI=1S/C27H30ClN3O4S/c1-16-15-20-21(24(33)29-17-9-3-2-4-10-17)22-26(35)31(13-7-8-14-32)23(27(16,22)36-20)25(34)30-19-12-6-5-11-18(19)28/h2-6,9-12,16,20-23,32H,7-8,13-15H2,1H3,(H,29,33)(H,30,34)/t16?,20-,21+,22+,23?,27?/m1/s1. The molecule has 9 heteroatoms. The van der Waals surface area contributed by atoms with Crippen molar-refractivity contribution in [2.75, 3.05) is 23.8 Å². The summed E-state index contributed by atoms with van der Waals surface area (Å²) < 4.78 is -0.703. The number of hydrogen-bond donors (Lipinski definition) is 3. The molecule has 5 rings (SSSR count). The van der Waals surface area contributed by atoms with E-state index >= 15 is 0 Å². The highest BCUT2D eigenvalue weighted by Crippen LogP contribution is 2.68. The van der Waals surface area contributed by atoms with Crippen LogP contribution in [0.5, 0.6) is 0 Å². The van der Waals surface area contributed by atoms with Gasteiger partial charge >= 0.3 is 0 Å². The summed E-state index contributed by atoms with van der Waals surface area (Å²) in [5, 5.41) is 15.7. The van der Waals surface area contributed by atoms with Crippen LogP contribution in [0.3, 0.4) is 0 Å². The minimum absolute atomic E-state index is 0.0163. The van der Waals surface area contributed by atoms with Crippen molar-refractivity contribution in [1.82, 2.24) is 4.90 Å². The summed E-state index contributed by atoms with van der Waals surface area (Å²) in [4.78, 5) is 43.0. The van der Waals surface area contributed by atoms with E-state index in [1.807, 2.05) is 30.3 Å². The number of para-hydroxylation sites is 2. The lowest BCUT2D eigenvalue weighted by atomic mass is 9.66. The minimum atomic E-state index is -0.732. The molecule has 2 aromatic rings. The Balaban J connectivity index is 1.49. The summed E-state index contributed by atoms with van der Waals surface area (Å²) in [6.07, 6.45) is 1.87. The Bertz CT molecular complexity index is 1160. The normalized spacial score (nSPS) is 30.4. The van der Waals surface area contributed by atoms with E-state index in [-0.39, 0.29) is 35.5 Å². The summed E-state index contributed by atoms with van der Waals surface area (Å²) in [5.41, 5.74) is 1.19. The molecule has 0 radical (unpaired) electrons. The fourth-order valence-corrected chi connectivity index (χ4v) is 8.87. The number of halogens is 1. The number of fused-ring (bicyclic) bond motifs is 1. The predicted molar refractivity (Wildman–Crippen MR) is 142 cm³/mol. The van der Waals surface area contributed by atoms with Crippen molar-refractivity contribution >= 4 is 52.5 Å². The van der Waals surface area contributed by atoms with Crippen LogP contribution in [0.4, 0.5) is 11.4 Å². The quantitative estimate of drug-likeness (QED) is 0.450. The Morgan fingerprint density at radius 2 is 1.81 bits per heavy atom. The molecule has 3 heterocycles. The molecule has 3 unspecified atom stereocenters. The van der Waals surface area contributed by atoms with Gasteiger partial charge in [-0.3, -0.25) is 14.4 Å². The van der Waals surface area contributed by atoms with Crippen LogP contribution >= 0.6 is 23.4 Å². The number of rotatable bonds is 8. The summed E-state index contributed by atoms with van der Waals surface area (Å²) in [6, 6.07) is 15.5. The number of carbonyl (C=O) groups is 3. The molecular formula is C27H30ClN3O4S. The summed E-state index contributed by atoms with van der Waals surface area (Å²) >= 11 is 7.96. The Hall–Kier alpha value is -2.55. The van der Waals surface area contributed by atoms with Crippen LogP contribution in [0.15, 0.2) is 54.6 Å². The molecule has 1 spiro atoms. The maximum atomic E-state index is 14.0. The van der Waals surface area contributed by atoms with Gasteiger partial charge in [0.25, 0.3) is 0 Å². The Morgan fingerprint density at radius 3 is 2.53 bits per heavy atom. The van der Waals surface area contributed by atoms with Gasteiger partial charge in [0.2, 0.25) is 17.7 Å². The third-order valence-electron chi connectivity index (χ3n) is 7.78. The number of benzene rings is 2. The Labute approximate surface area is 220 Å². The van der Waals surface area contributed by atoms with Gasteiger partial charge in [-0.25, -0.2) is 0 Å². The van der Waals surface area contributed by atoms with Crippen molar-refractivity contribution in [3.05, 3.63) is 59.6 Å². The van der Waals surface area contributed by atoms with Crippen LogP contribution < -0.4 is 10.6 Å². The highest BCUT2D eigenvalue weighted by molar-refractivity contribution is 8.02. The Kier molecular flexibility index (Phi) is 7.03. The summed E-state index contributed by atoms with van der Waals surface area (Å²) in [5.74, 6) is -1.64. The van der Waals surface area contributed by atoms with E-state index in [2.05, 4.69) is 17.6 Å². The first-order valence-electron chi connectivity index (χ1n) is 12.4. The predicted octanol–water partition coefficient (Wildman–Crippen LogP) is 4.03. The molecule has 2 aromatic carbocycles. The van der Waals surface area contributed by atoms with Gasteiger partial charge in [0.05, 0.1) is 27.3 Å². The molecule has 3 N–H and O–H groups in total. The maximum Gasteiger partial charge on any atom is 0.248 e. The van der Waals surface area contributed by atoms with Gasteiger partial charge < -0.3 is 20.6 Å². The van der Waals surface area contributed by atoms with Crippen LogP contribution in [0.1, 0.15) is 26.2 Å². The number of amides is 3. The molecule has 2 bridgehead atoms. The molecule has 3 saturated heterocycles. The molecular weight excluding hydrogens is 498 g/mol. The van der Waals surface area contributed by atoms with E-state index in [1.54, 1.807) is 40.9 Å². The SMILES string of the molecule is CC1C[C@H]2SC13C(C(=O)Nc1ccccc1Cl)N(CCCCO)C(=O)[C@@H]3[C@H]2C(=O)Nc1ccccc1. The van der Waals surface area contributed by atoms with Crippen LogP contribution in [-0.2, 0) is 14.4 Å². The van der Waals surface area contributed by atoms with Gasteiger partial charge in [-0.05, 0) is 49.4 Å². The second-order valence-electron chi connectivity index (χ2n) is 9.84. The summed E-state index contributed by atoms with van der Waals surface area (Å²) in [7, 11) is 0. The van der Waals surface area contributed by atoms with Crippen LogP contribution in [0, 0.1) is 17.8 Å². The van der Waals surface area contributed by atoms with E-state index in [0.717, 1.165) is 6.42 Å². The van der Waals surface area contributed by atoms with Crippen LogP contribution in [-0.4, -0.2) is 56.9 Å². The molecule has 6 atom stereocenters. The number of carbonyl (C=O) groups excluding carboxylic acids is 3. The average Bonchev–Trinajstić information content (AvgIpc) is 3.45. The second kappa shape index (κ2) is 10.1. The number of nitrogens with one attached hydrogen (secondary N) is 2. The van der Waals surface area contributed by atoms with E-state index in [0.29, 0.717) is 35.8 Å². The summed E-state index contributed by atoms with van der Waals surface area (Å²) in [6.45, 7) is 2.46. The number of nitrogens with zero attached hydrogens (tertiary/aromatic N) is 1. The molecule has 0 aromatic heterocycles. The molecule has 0 aliphatic carbocycles. The van der Waals surface area contributed by atoms with Crippen molar-refractivity contribution in [3.8, 4) is 0 Å². The van der Waals surface area contributed by atoms with Crippen molar-refractivity contribution in [2.24, 2.45) is 17.8 Å². The van der Waals surface area contributed by atoms with E-state index in [9.17, 15) is 19.5 Å². The zero-order valence-corrected chi connectivity index (χ0v) is 21.6. The lowest BCUT2D eigenvalue weighted by molar-refractivity contribution is -0.138. The molecule has 0 saturated carbocycles. The van der Waals surface area contributed by atoms with E-state index < -0.39 is 22.6 Å². The topological polar surface area (TPSA) is 98.7 Å². The molecule has 3 aliphatic heterocycles. The third-order valence-corrected chi connectivity index (χ3v) is 10.2. The van der Waals surface area contributed by atoms with Gasteiger partial charge in [0.15, 0.2) is 0 Å². The van der Waals surface area contributed by atoms with Gasteiger partial charge in [0, 0.05) is 24.1 Å². The first-order valence-corrected chi connectivity index (χ1v) is 13.6. The van der Waals surface area contributed by atoms with Gasteiger partial charge in [-0.2, -0.15) is 0 Å². The molecule has 3 amide bonds. The lowest BCUT2D eigenvalue weighted by Crippen LogP contribution is -2.54. The van der Waals surface area contributed by atoms with Gasteiger partial charge in [-0.15, -0.1) is 11.8 Å². The first kappa shape index (κ1) is 25.1. The highest BCUT2D eigenvalue weighted by atomic mass is 35.5. The number of aliphatic hydroxyl groups is 1. The smallest absolute Gasteiger partial charge is 0.248 e. The third kappa shape index (κ3) is 4.09. The van der Waals surface area contributed by atoms with Crippen molar-refractivity contribution in [2.45, 2.75) is 42.2 Å². The zero-order chi connectivity index (χ0) is 25.4. The largest absolute Gasteiger partial charge is 0.396 e. The number of likely N-dealkylation sites (tertiary alicyclic amines) is 1. The molecule has 36 heavy (non-hydrogen) atoms. The zero-order valence-electron chi connectivity index (χ0n) is 20.0. The van der Waals surface area contributed by atoms with E-state index in [4.69, 9.17) is 11.6 Å². The average molecular weight is 528 g/mol. The van der Waals surface area contributed by atoms with Gasteiger partial charge in [-0.1, -0.05) is 48.9 Å². The number of aliphatic hydroxyl groups excluding tert-OH is 1. The molecule has 190 valence electrons. The van der Waals surface area contributed by atoms with Crippen molar-refractivity contribution in [1.29, 1.82) is 0 Å². The minimum Gasteiger partial charge on any atom is -0.396 e. The van der Waals surface area contributed by atoms with Gasteiger partial charge in [0.1, 0.15) is 6.04 Å². The number of thioether (sulfide) groups is 1. The Morgan fingerprint density at radius 1 is 1.08 bits per heavy atom. The van der Waals surface area contributed by atoms with Crippen LogP contribution in [0.25, 0.3) is 0 Å². The van der Waals surface area contributed by atoms with Crippen molar-refractivity contribution in [3.63, 3.8) is 0 Å². The number of hydrogen-bond acceptors (Lipinski definition) is 5. The first-order chi connectivity index (χ1) is 17.4. The number of anilines is 2. The van der Waals surface area contributed by atoms with E-state index in [1.165, 1.54) is 0 Å². The highest BCUT2D eigenvalue weighted by Gasteiger charge is 2.75. The number of unbranched alkanes of at least 4 members (excludes halogenated alkanes) is 1. The van der Waals surface area contributed by atoms with Crippen LogP contribution in [0.2, 0.25) is 5.02 Å².